The Hall–Kier alpha value is -2.65. The molecule has 0 saturated heterocycles. The standard InChI is InChI=1S/C65H120N2O7/c1-4-7-10-13-16-19-22-25-28-31-40-57-72-63(69)49-36-34-47-61-60(45-43-52-66-62(61)48-35-37-50-64(70)73-58-41-32-29-26-23-20-17-14-11-8-5-2)46-44-54-67(55-56-68)53-39-38-51-65(71)74-59-42-33-30-27-24-21-18-15-12-9-6-3/h43,45,52,66,68H,4-42,44,46-51,53-59H2,1-3H3. The van der Waals surface area contributed by atoms with Crippen molar-refractivity contribution in [1.82, 2.24) is 10.2 Å². The molecule has 74 heavy (non-hydrogen) atoms. The molecule has 0 bridgehead atoms. The number of rotatable bonds is 57. The minimum Gasteiger partial charge on any atom is -0.466 e. The number of aliphatic hydroxyl groups excluding tert-OH is 1. The zero-order chi connectivity index (χ0) is 53.5. The van der Waals surface area contributed by atoms with Crippen LogP contribution in [0.1, 0.15) is 316 Å². The third-order valence-electron chi connectivity index (χ3n) is 15.0. The van der Waals surface area contributed by atoms with E-state index in [1.54, 1.807) is 0 Å². The number of allylic oxidation sites excluding steroid dienone is 5. The molecule has 1 heterocycles. The Morgan fingerprint density at radius 3 is 1.15 bits per heavy atom. The smallest absolute Gasteiger partial charge is 0.305 e. The molecule has 0 saturated carbocycles. The van der Waals surface area contributed by atoms with Gasteiger partial charge in [-0.1, -0.05) is 219 Å². The maximum Gasteiger partial charge on any atom is 0.305 e. The summed E-state index contributed by atoms with van der Waals surface area (Å²) in [5.74, 6) is -0.259. The first-order valence-corrected chi connectivity index (χ1v) is 32.1. The van der Waals surface area contributed by atoms with Gasteiger partial charge >= 0.3 is 17.9 Å². The lowest BCUT2D eigenvalue weighted by molar-refractivity contribution is -0.144. The minimum absolute atomic E-state index is 0.0847. The Kier molecular flexibility index (Phi) is 51.7. The van der Waals surface area contributed by atoms with Gasteiger partial charge < -0.3 is 29.5 Å². The SMILES string of the molecule is CCCCCCCCCCCCCOC(=O)CCCCC1=C(CCCCC(=O)OCCCCCCCCCCCCC)C(CCCN(CCO)CCCCC(=O)OCCCCCCCCCCCCC)=CC=CN1. The van der Waals surface area contributed by atoms with Gasteiger partial charge in [-0.15, -0.1) is 0 Å². The van der Waals surface area contributed by atoms with Crippen molar-refractivity contribution in [2.24, 2.45) is 0 Å². The highest BCUT2D eigenvalue weighted by atomic mass is 16.5. The molecule has 0 aromatic carbocycles. The van der Waals surface area contributed by atoms with Crippen molar-refractivity contribution < 1.29 is 33.7 Å². The predicted molar refractivity (Wildman–Crippen MR) is 313 cm³/mol. The quantitative estimate of drug-likeness (QED) is 0.0349. The predicted octanol–water partition coefficient (Wildman–Crippen LogP) is 18.2. The molecule has 0 aliphatic carbocycles. The molecule has 0 fully saturated rings. The highest BCUT2D eigenvalue weighted by Gasteiger charge is 2.16. The zero-order valence-corrected chi connectivity index (χ0v) is 49.1. The molecule has 0 unspecified atom stereocenters. The summed E-state index contributed by atoms with van der Waals surface area (Å²) in [5, 5.41) is 13.5. The fourth-order valence-corrected chi connectivity index (χ4v) is 10.3. The summed E-state index contributed by atoms with van der Waals surface area (Å²) in [7, 11) is 0. The number of hydrogen-bond acceptors (Lipinski definition) is 9. The minimum atomic E-state index is -0.0888. The van der Waals surface area contributed by atoms with Gasteiger partial charge in [-0.05, 0) is 114 Å². The highest BCUT2D eigenvalue weighted by Crippen LogP contribution is 2.29. The Morgan fingerprint density at radius 1 is 0.405 bits per heavy atom. The van der Waals surface area contributed by atoms with Crippen LogP contribution in [-0.4, -0.2) is 74.0 Å². The van der Waals surface area contributed by atoms with Crippen LogP contribution in [0.2, 0.25) is 0 Å². The number of nitrogens with zero attached hydrogens (tertiary/aromatic N) is 1. The van der Waals surface area contributed by atoms with Crippen LogP contribution < -0.4 is 5.32 Å². The lowest BCUT2D eigenvalue weighted by atomic mass is 9.92. The van der Waals surface area contributed by atoms with Crippen molar-refractivity contribution in [1.29, 1.82) is 0 Å². The molecule has 1 aliphatic heterocycles. The van der Waals surface area contributed by atoms with Crippen LogP contribution in [0.3, 0.4) is 0 Å². The van der Waals surface area contributed by atoms with Crippen molar-refractivity contribution in [2.75, 3.05) is 46.1 Å². The van der Waals surface area contributed by atoms with E-state index in [-0.39, 0.29) is 24.5 Å². The van der Waals surface area contributed by atoms with Crippen molar-refractivity contribution in [3.8, 4) is 0 Å². The highest BCUT2D eigenvalue weighted by molar-refractivity contribution is 5.70. The topological polar surface area (TPSA) is 114 Å². The van der Waals surface area contributed by atoms with Gasteiger partial charge in [0.05, 0.1) is 26.4 Å². The van der Waals surface area contributed by atoms with E-state index >= 15 is 0 Å². The van der Waals surface area contributed by atoms with Crippen molar-refractivity contribution in [3.63, 3.8) is 0 Å². The zero-order valence-electron chi connectivity index (χ0n) is 49.1. The summed E-state index contributed by atoms with van der Waals surface area (Å²) in [6, 6.07) is 0. The first-order valence-electron chi connectivity index (χ1n) is 32.1. The summed E-state index contributed by atoms with van der Waals surface area (Å²) in [6.07, 6.45) is 58.5. The Bertz CT molecular complexity index is 1380. The van der Waals surface area contributed by atoms with Crippen molar-refractivity contribution in [3.05, 3.63) is 35.2 Å². The third-order valence-corrected chi connectivity index (χ3v) is 15.0. The first-order chi connectivity index (χ1) is 36.4. The molecule has 2 N–H and O–H groups in total. The van der Waals surface area contributed by atoms with Crippen molar-refractivity contribution >= 4 is 17.9 Å². The van der Waals surface area contributed by atoms with Crippen LogP contribution in [0.4, 0.5) is 0 Å². The van der Waals surface area contributed by atoms with Crippen LogP contribution in [0.25, 0.3) is 0 Å². The summed E-state index contributed by atoms with van der Waals surface area (Å²) < 4.78 is 16.8. The summed E-state index contributed by atoms with van der Waals surface area (Å²) in [6.45, 7) is 10.8. The molecule has 0 aromatic rings. The molecule has 432 valence electrons. The molecule has 9 heteroatoms. The average Bonchev–Trinajstić information content (AvgIpc) is 3.59. The van der Waals surface area contributed by atoms with Crippen LogP contribution >= 0.6 is 0 Å². The lowest BCUT2D eigenvalue weighted by Crippen LogP contribution is -2.29. The van der Waals surface area contributed by atoms with Crippen LogP contribution in [0.5, 0.6) is 0 Å². The molecule has 0 aromatic heterocycles. The first kappa shape index (κ1) is 69.4. The Labute approximate surface area is 457 Å². The molecule has 0 spiro atoms. The van der Waals surface area contributed by atoms with Crippen LogP contribution in [0, 0.1) is 0 Å². The van der Waals surface area contributed by atoms with Gasteiger partial charge in [-0.3, -0.25) is 14.4 Å². The third kappa shape index (κ3) is 45.5. The number of ether oxygens (including phenoxy) is 3. The molecule has 1 rings (SSSR count). The lowest BCUT2D eigenvalue weighted by Gasteiger charge is -2.22. The number of hydrogen-bond donors (Lipinski definition) is 2. The maximum atomic E-state index is 12.7. The Morgan fingerprint density at radius 2 is 0.757 bits per heavy atom. The van der Waals surface area contributed by atoms with Crippen LogP contribution in [-0.2, 0) is 28.6 Å². The number of carbonyl (C=O) groups excluding carboxylic acids is 3. The van der Waals surface area contributed by atoms with Gasteiger partial charge in [-0.25, -0.2) is 0 Å². The largest absolute Gasteiger partial charge is 0.466 e. The summed E-state index contributed by atoms with van der Waals surface area (Å²) in [4.78, 5) is 40.2. The van der Waals surface area contributed by atoms with Gasteiger partial charge in [0, 0.05) is 37.7 Å². The maximum absolute atomic E-state index is 12.7. The molecular formula is C65H120N2O7. The van der Waals surface area contributed by atoms with E-state index in [0.29, 0.717) is 45.6 Å². The number of carbonyl (C=O) groups is 3. The number of aliphatic hydroxyl groups is 1. The second-order valence-corrected chi connectivity index (χ2v) is 22.0. The summed E-state index contributed by atoms with van der Waals surface area (Å²) >= 11 is 0. The van der Waals surface area contributed by atoms with Gasteiger partial charge in [0.1, 0.15) is 0 Å². The molecule has 1 aliphatic rings. The molecule has 9 nitrogen and oxygen atoms in total. The monoisotopic (exact) mass is 1040 g/mol. The van der Waals surface area contributed by atoms with E-state index in [0.717, 1.165) is 116 Å². The summed E-state index contributed by atoms with van der Waals surface area (Å²) in [5.41, 5.74) is 3.85. The van der Waals surface area contributed by atoms with Gasteiger partial charge in [-0.2, -0.15) is 0 Å². The molecule has 0 amide bonds. The number of unbranched alkanes of at least 4 members (excludes halogenated alkanes) is 33. The number of nitrogens with one attached hydrogen (secondary N) is 1. The second kappa shape index (κ2) is 55.1. The van der Waals surface area contributed by atoms with E-state index in [9.17, 15) is 19.5 Å². The molecule has 0 radical (unpaired) electrons. The normalized spacial score (nSPS) is 12.6. The van der Waals surface area contributed by atoms with Crippen molar-refractivity contribution in [2.45, 2.75) is 316 Å². The van der Waals surface area contributed by atoms with Gasteiger partial charge in [0.2, 0.25) is 0 Å². The van der Waals surface area contributed by atoms with E-state index in [1.807, 2.05) is 6.20 Å². The Balaban J connectivity index is 2.57. The van der Waals surface area contributed by atoms with Gasteiger partial charge in [0.25, 0.3) is 0 Å². The molecule has 0 atom stereocenters. The van der Waals surface area contributed by atoms with E-state index in [1.165, 1.54) is 190 Å². The number of esters is 3. The van der Waals surface area contributed by atoms with Crippen LogP contribution in [0.15, 0.2) is 35.2 Å². The molecular weight excluding hydrogens is 921 g/mol. The second-order valence-electron chi connectivity index (χ2n) is 22.0. The fraction of sp³-hybridized carbons (Fsp3) is 0.862. The average molecular weight is 1040 g/mol. The van der Waals surface area contributed by atoms with E-state index < -0.39 is 0 Å². The fourth-order valence-electron chi connectivity index (χ4n) is 10.3. The van der Waals surface area contributed by atoms with E-state index in [4.69, 9.17) is 14.2 Å². The van der Waals surface area contributed by atoms with Gasteiger partial charge in [0.15, 0.2) is 0 Å². The van der Waals surface area contributed by atoms with E-state index in [2.05, 4.69) is 43.1 Å².